The Hall–Kier alpha value is -0.240. The smallest absolute Gasteiger partial charge is 0.0489 e. The third-order valence-corrected chi connectivity index (χ3v) is 2.48. The SMILES string of the molecule is CN1CNCCNCN(C)CNCCNC1. The molecule has 16 heavy (non-hydrogen) atoms. The van der Waals surface area contributed by atoms with Crippen molar-refractivity contribution in [3.05, 3.63) is 0 Å². The molecule has 0 aromatic carbocycles. The van der Waals surface area contributed by atoms with Gasteiger partial charge in [0.1, 0.15) is 0 Å². The fourth-order valence-electron chi connectivity index (χ4n) is 1.55. The summed E-state index contributed by atoms with van der Waals surface area (Å²) >= 11 is 0. The van der Waals surface area contributed by atoms with Gasteiger partial charge in [0.15, 0.2) is 0 Å². The van der Waals surface area contributed by atoms with Gasteiger partial charge in [0.05, 0.1) is 0 Å². The molecule has 0 unspecified atom stereocenters. The molecule has 1 heterocycles. The Balaban J connectivity index is 2.18. The zero-order chi connectivity index (χ0) is 11.6. The second-order valence-corrected chi connectivity index (χ2v) is 4.34. The van der Waals surface area contributed by atoms with Crippen molar-refractivity contribution in [2.24, 2.45) is 0 Å². The number of rotatable bonds is 0. The second kappa shape index (κ2) is 8.86. The van der Waals surface area contributed by atoms with Gasteiger partial charge in [0, 0.05) is 52.9 Å². The van der Waals surface area contributed by atoms with Crippen LogP contribution in [0.15, 0.2) is 0 Å². The molecule has 1 rings (SSSR count). The van der Waals surface area contributed by atoms with E-state index in [1.165, 1.54) is 0 Å². The van der Waals surface area contributed by atoms with Crippen LogP contribution >= 0.6 is 0 Å². The normalized spacial score (nSPS) is 25.1. The zero-order valence-electron chi connectivity index (χ0n) is 10.6. The van der Waals surface area contributed by atoms with Crippen molar-refractivity contribution < 1.29 is 0 Å². The zero-order valence-corrected chi connectivity index (χ0v) is 10.6. The van der Waals surface area contributed by atoms with Crippen LogP contribution in [0.2, 0.25) is 0 Å². The van der Waals surface area contributed by atoms with Crippen molar-refractivity contribution in [2.75, 3.05) is 66.9 Å². The van der Waals surface area contributed by atoms with E-state index in [0.29, 0.717) is 0 Å². The van der Waals surface area contributed by atoms with Gasteiger partial charge in [-0.15, -0.1) is 0 Å². The summed E-state index contributed by atoms with van der Waals surface area (Å²) in [5, 5.41) is 13.6. The Morgan fingerprint density at radius 1 is 0.562 bits per heavy atom. The van der Waals surface area contributed by atoms with E-state index in [1.807, 2.05) is 0 Å². The van der Waals surface area contributed by atoms with Gasteiger partial charge in [0.25, 0.3) is 0 Å². The van der Waals surface area contributed by atoms with E-state index >= 15 is 0 Å². The van der Waals surface area contributed by atoms with E-state index in [4.69, 9.17) is 0 Å². The highest BCUT2D eigenvalue weighted by molar-refractivity contribution is 4.57. The van der Waals surface area contributed by atoms with E-state index in [0.717, 1.165) is 52.9 Å². The fraction of sp³-hybridized carbons (Fsp3) is 1.00. The van der Waals surface area contributed by atoms with E-state index in [9.17, 15) is 0 Å². The average molecular weight is 230 g/mol. The first kappa shape index (κ1) is 13.8. The Kier molecular flexibility index (Phi) is 7.65. The first-order chi connectivity index (χ1) is 7.79. The van der Waals surface area contributed by atoms with E-state index in [-0.39, 0.29) is 0 Å². The predicted molar refractivity (Wildman–Crippen MR) is 67.0 cm³/mol. The molecule has 6 heteroatoms. The van der Waals surface area contributed by atoms with Crippen LogP contribution < -0.4 is 21.3 Å². The van der Waals surface area contributed by atoms with Crippen molar-refractivity contribution in [3.8, 4) is 0 Å². The summed E-state index contributed by atoms with van der Waals surface area (Å²) in [7, 11) is 4.22. The monoisotopic (exact) mass is 230 g/mol. The molecular formula is C10H26N6. The Morgan fingerprint density at radius 2 is 0.812 bits per heavy atom. The van der Waals surface area contributed by atoms with Crippen molar-refractivity contribution in [3.63, 3.8) is 0 Å². The highest BCUT2D eigenvalue weighted by Crippen LogP contribution is 1.78. The molecule has 1 fully saturated rings. The van der Waals surface area contributed by atoms with Gasteiger partial charge < -0.3 is 21.3 Å². The van der Waals surface area contributed by atoms with E-state index < -0.39 is 0 Å². The molecule has 0 aliphatic carbocycles. The number of hydrogen-bond acceptors (Lipinski definition) is 6. The summed E-state index contributed by atoms with van der Waals surface area (Å²) in [5.74, 6) is 0. The number of nitrogens with zero attached hydrogens (tertiary/aromatic N) is 2. The van der Waals surface area contributed by atoms with Crippen molar-refractivity contribution in [1.82, 2.24) is 31.1 Å². The van der Waals surface area contributed by atoms with Gasteiger partial charge in [-0.2, -0.15) is 0 Å². The molecule has 0 atom stereocenters. The van der Waals surface area contributed by atoms with Gasteiger partial charge in [0.2, 0.25) is 0 Å². The van der Waals surface area contributed by atoms with Gasteiger partial charge >= 0.3 is 0 Å². The fourth-order valence-corrected chi connectivity index (χ4v) is 1.55. The molecule has 4 N–H and O–H groups in total. The summed E-state index contributed by atoms with van der Waals surface area (Å²) < 4.78 is 0. The molecule has 0 aromatic heterocycles. The van der Waals surface area contributed by atoms with Crippen LogP contribution in [0.3, 0.4) is 0 Å². The maximum absolute atomic E-state index is 3.39. The quantitative estimate of drug-likeness (QED) is 0.388. The van der Waals surface area contributed by atoms with Crippen molar-refractivity contribution >= 4 is 0 Å². The van der Waals surface area contributed by atoms with Crippen LogP contribution in [0.25, 0.3) is 0 Å². The summed E-state index contributed by atoms with van der Waals surface area (Å²) in [6, 6.07) is 0. The van der Waals surface area contributed by atoms with Gasteiger partial charge in [-0.1, -0.05) is 0 Å². The molecule has 6 nitrogen and oxygen atoms in total. The largest absolute Gasteiger partial charge is 0.303 e. The van der Waals surface area contributed by atoms with Crippen LogP contribution in [0, 0.1) is 0 Å². The Labute approximate surface area is 98.7 Å². The molecule has 96 valence electrons. The minimum absolute atomic E-state index is 0.929. The molecule has 1 saturated heterocycles. The summed E-state index contributed by atoms with van der Waals surface area (Å²) in [6.07, 6.45) is 0. The Bertz CT molecular complexity index is 131. The molecule has 0 aromatic rings. The molecular weight excluding hydrogens is 204 g/mol. The first-order valence-electron chi connectivity index (χ1n) is 5.99. The summed E-state index contributed by atoms with van der Waals surface area (Å²) in [5.41, 5.74) is 0. The van der Waals surface area contributed by atoms with Gasteiger partial charge in [-0.3, -0.25) is 9.80 Å². The lowest BCUT2D eigenvalue weighted by atomic mass is 10.5. The van der Waals surface area contributed by atoms with E-state index in [1.54, 1.807) is 0 Å². The molecule has 1 aliphatic heterocycles. The van der Waals surface area contributed by atoms with Crippen LogP contribution in [0.1, 0.15) is 0 Å². The maximum atomic E-state index is 3.39. The molecule has 1 aliphatic rings. The number of hydrogen-bond donors (Lipinski definition) is 4. The summed E-state index contributed by atoms with van der Waals surface area (Å²) in [4.78, 5) is 4.47. The molecule has 0 bridgehead atoms. The van der Waals surface area contributed by atoms with Crippen molar-refractivity contribution in [2.45, 2.75) is 0 Å². The van der Waals surface area contributed by atoms with Crippen LogP contribution in [0.4, 0.5) is 0 Å². The topological polar surface area (TPSA) is 54.6 Å². The third kappa shape index (κ3) is 7.10. The standard InChI is InChI=1S/C10H26N6/c1-15-7-11-3-5-13-9-16(2)10-14-6-4-12-8-15/h11-14H,3-10H2,1-2H3. The average Bonchev–Trinajstić information content (AvgIpc) is 2.27. The van der Waals surface area contributed by atoms with Crippen LogP contribution in [-0.4, -0.2) is 76.7 Å². The lowest BCUT2D eigenvalue weighted by Crippen LogP contribution is -2.45. The Morgan fingerprint density at radius 3 is 1.06 bits per heavy atom. The third-order valence-electron chi connectivity index (χ3n) is 2.48. The first-order valence-corrected chi connectivity index (χ1v) is 5.99. The lowest BCUT2D eigenvalue weighted by Gasteiger charge is -2.21. The second-order valence-electron chi connectivity index (χ2n) is 4.34. The van der Waals surface area contributed by atoms with Gasteiger partial charge in [-0.05, 0) is 14.1 Å². The molecule has 0 saturated carbocycles. The van der Waals surface area contributed by atoms with E-state index in [2.05, 4.69) is 45.2 Å². The minimum atomic E-state index is 0.929. The molecule has 0 amide bonds. The summed E-state index contributed by atoms with van der Waals surface area (Å²) in [6.45, 7) is 7.74. The molecule has 0 radical (unpaired) electrons. The highest BCUT2D eigenvalue weighted by atomic mass is 15.3. The number of nitrogens with one attached hydrogen (secondary N) is 4. The van der Waals surface area contributed by atoms with Crippen molar-refractivity contribution in [1.29, 1.82) is 0 Å². The lowest BCUT2D eigenvalue weighted by molar-refractivity contribution is 0.258. The van der Waals surface area contributed by atoms with Gasteiger partial charge in [-0.25, -0.2) is 0 Å². The minimum Gasteiger partial charge on any atom is -0.303 e. The van der Waals surface area contributed by atoms with Crippen LogP contribution in [0.5, 0.6) is 0 Å². The maximum Gasteiger partial charge on any atom is 0.0489 e. The predicted octanol–water partition coefficient (Wildman–Crippen LogP) is -1.95. The molecule has 0 spiro atoms. The van der Waals surface area contributed by atoms with Crippen LogP contribution in [-0.2, 0) is 0 Å². The highest BCUT2D eigenvalue weighted by Gasteiger charge is 1.99.